The third kappa shape index (κ3) is 4.47. The quantitative estimate of drug-likeness (QED) is 0.391. The fourth-order valence-corrected chi connectivity index (χ4v) is 7.74. The number of hydrogen-bond donors (Lipinski definition) is 1. The molecule has 2 unspecified atom stereocenters. The van der Waals surface area contributed by atoms with Crippen molar-refractivity contribution in [3.8, 4) is 0 Å². The van der Waals surface area contributed by atoms with Gasteiger partial charge in [-0.2, -0.15) is 4.31 Å². The van der Waals surface area contributed by atoms with Gasteiger partial charge in [-0.05, 0) is 74.1 Å². The Morgan fingerprint density at radius 2 is 1.92 bits per heavy atom. The predicted octanol–water partition coefficient (Wildman–Crippen LogP) is 5.55. The van der Waals surface area contributed by atoms with E-state index in [1.54, 1.807) is 39.0 Å². The zero-order valence-corrected chi connectivity index (χ0v) is 23.1. The number of alkyl halides is 1. The molecule has 2 aliphatic rings. The first-order chi connectivity index (χ1) is 17.4. The molecule has 1 saturated carbocycles. The smallest absolute Gasteiger partial charge is 0.391 e. The monoisotopic (exact) mass is 568 g/mol. The van der Waals surface area contributed by atoms with E-state index in [-0.39, 0.29) is 23.5 Å². The molecule has 2 aromatic carbocycles. The van der Waals surface area contributed by atoms with E-state index >= 15 is 4.39 Å². The van der Waals surface area contributed by atoms with Crippen molar-refractivity contribution in [3.05, 3.63) is 73.8 Å². The number of fused-ring (bicyclic) bond motifs is 1. The van der Waals surface area contributed by atoms with Crippen molar-refractivity contribution in [2.24, 2.45) is 0 Å². The molecule has 0 radical (unpaired) electrons. The summed E-state index contributed by atoms with van der Waals surface area (Å²) >= 11 is 12.8. The highest BCUT2D eigenvalue weighted by atomic mass is 35.5. The molecule has 8 nitrogen and oxygen atoms in total. The molecule has 1 fully saturated rings. The fourth-order valence-electron chi connectivity index (χ4n) is 5.22. The lowest BCUT2D eigenvalue weighted by Crippen LogP contribution is -2.50. The zero-order valence-electron chi connectivity index (χ0n) is 20.8. The second kappa shape index (κ2) is 9.41. The van der Waals surface area contributed by atoms with Gasteiger partial charge >= 0.3 is 5.76 Å². The summed E-state index contributed by atoms with van der Waals surface area (Å²) in [4.78, 5) is 14.0. The van der Waals surface area contributed by atoms with Gasteiger partial charge in [-0.1, -0.05) is 24.6 Å². The number of sulfonamides is 1. The number of halogens is 3. The SMILES string of the molecule is Cc1ccc(F)c(C(C)[C@@H](c2n[nH]c(=O)o2)N2CN(C3CC3)c3cc(Cl)cc(C(C)Cl)c3S2(=O)=O)c1C. The molecule has 2 heterocycles. The maximum atomic E-state index is 15.3. The van der Waals surface area contributed by atoms with Crippen molar-refractivity contribution < 1.29 is 17.2 Å². The molecule has 1 aromatic heterocycles. The number of aromatic amines is 1. The molecular formula is C25H27Cl2FN4O4S. The van der Waals surface area contributed by atoms with Crippen LogP contribution in [0.15, 0.2) is 38.4 Å². The highest BCUT2D eigenvalue weighted by Gasteiger charge is 2.49. The minimum atomic E-state index is -4.23. The van der Waals surface area contributed by atoms with E-state index in [1.807, 2.05) is 11.8 Å². The van der Waals surface area contributed by atoms with Crippen LogP contribution in [0.5, 0.6) is 0 Å². The van der Waals surface area contributed by atoms with Gasteiger partial charge in [-0.3, -0.25) is 0 Å². The standard InChI is InChI=1S/C25H27Cl2FN4O4S/c1-12-5-8-19(28)21(13(12)2)14(3)22(24-29-30-25(33)36-24)32-11-31(17-6-7-17)20-10-16(27)9-18(15(4)26)23(20)37(32,34)35/h5,8-10,14-15,17,22H,6-7,11H2,1-4H3,(H,30,33)/t14?,15?,22-/m0/s1. The average molecular weight is 569 g/mol. The highest BCUT2D eigenvalue weighted by molar-refractivity contribution is 7.89. The summed E-state index contributed by atoms with van der Waals surface area (Å²) in [5, 5.41) is 5.96. The third-order valence-electron chi connectivity index (χ3n) is 7.33. The number of hydrogen-bond acceptors (Lipinski definition) is 6. The molecule has 1 aliphatic heterocycles. The molecule has 3 aromatic rings. The topological polar surface area (TPSA) is 99.5 Å². The van der Waals surface area contributed by atoms with Crippen LogP contribution in [0, 0.1) is 19.7 Å². The lowest BCUT2D eigenvalue weighted by molar-refractivity contribution is 0.234. The summed E-state index contributed by atoms with van der Waals surface area (Å²) in [7, 11) is -4.23. The predicted molar refractivity (Wildman–Crippen MR) is 139 cm³/mol. The summed E-state index contributed by atoms with van der Waals surface area (Å²) < 4.78 is 50.6. The first-order valence-electron chi connectivity index (χ1n) is 12.0. The Balaban J connectivity index is 1.75. The Labute approximate surface area is 224 Å². The van der Waals surface area contributed by atoms with Gasteiger partial charge in [0.25, 0.3) is 0 Å². The van der Waals surface area contributed by atoms with E-state index < -0.39 is 38.9 Å². The molecule has 1 N–H and O–H groups in total. The van der Waals surface area contributed by atoms with Crippen LogP contribution in [0.1, 0.15) is 72.2 Å². The summed E-state index contributed by atoms with van der Waals surface area (Å²) in [6, 6.07) is 5.21. The van der Waals surface area contributed by atoms with E-state index in [1.165, 1.54) is 10.4 Å². The number of aryl methyl sites for hydroxylation is 1. The van der Waals surface area contributed by atoms with E-state index in [2.05, 4.69) is 10.2 Å². The number of benzene rings is 2. The Morgan fingerprint density at radius 3 is 2.51 bits per heavy atom. The van der Waals surface area contributed by atoms with Crippen LogP contribution in [-0.2, 0) is 10.0 Å². The van der Waals surface area contributed by atoms with Crippen molar-refractivity contribution in [2.75, 3.05) is 11.6 Å². The van der Waals surface area contributed by atoms with Crippen LogP contribution in [0.3, 0.4) is 0 Å². The van der Waals surface area contributed by atoms with Crippen LogP contribution in [0.25, 0.3) is 0 Å². The minimum absolute atomic E-state index is 0.0471. The average Bonchev–Trinajstić information content (AvgIpc) is 3.58. The van der Waals surface area contributed by atoms with Crippen molar-refractivity contribution in [2.45, 2.75) is 68.8 Å². The van der Waals surface area contributed by atoms with Crippen LogP contribution in [0.4, 0.5) is 10.1 Å². The van der Waals surface area contributed by atoms with E-state index in [4.69, 9.17) is 27.6 Å². The Kier molecular flexibility index (Phi) is 6.67. The summed E-state index contributed by atoms with van der Waals surface area (Å²) in [6.45, 7) is 6.99. The maximum absolute atomic E-state index is 15.3. The van der Waals surface area contributed by atoms with Crippen molar-refractivity contribution in [3.63, 3.8) is 0 Å². The first kappa shape index (κ1) is 26.2. The summed E-state index contributed by atoms with van der Waals surface area (Å²) in [5.41, 5.74) is 2.72. The van der Waals surface area contributed by atoms with E-state index in [0.717, 1.165) is 18.4 Å². The van der Waals surface area contributed by atoms with Gasteiger partial charge in [0.2, 0.25) is 15.9 Å². The number of rotatable bonds is 6. The highest BCUT2D eigenvalue weighted by Crippen LogP contribution is 2.49. The molecule has 0 spiro atoms. The van der Waals surface area contributed by atoms with Gasteiger partial charge in [0.1, 0.15) is 16.8 Å². The minimum Gasteiger partial charge on any atom is -0.391 e. The number of nitrogens with zero attached hydrogens (tertiary/aromatic N) is 3. The van der Waals surface area contributed by atoms with Gasteiger partial charge in [0, 0.05) is 17.0 Å². The molecule has 0 bridgehead atoms. The fraction of sp³-hybridized carbons (Fsp3) is 0.440. The van der Waals surface area contributed by atoms with Gasteiger partial charge in [0.15, 0.2) is 0 Å². The second-order valence-corrected chi connectivity index (χ2v) is 12.7. The van der Waals surface area contributed by atoms with Crippen LogP contribution in [0.2, 0.25) is 5.02 Å². The summed E-state index contributed by atoms with van der Waals surface area (Å²) in [5.74, 6) is -2.21. The second-order valence-electron chi connectivity index (χ2n) is 9.78. The van der Waals surface area contributed by atoms with E-state index in [0.29, 0.717) is 27.4 Å². The van der Waals surface area contributed by atoms with Crippen LogP contribution in [-0.4, -0.2) is 35.6 Å². The lowest BCUT2D eigenvalue weighted by atomic mass is 9.87. The Hall–Kier alpha value is -2.40. The molecular weight excluding hydrogens is 542 g/mol. The normalized spacial score (nSPS) is 19.9. The zero-order chi connectivity index (χ0) is 26.8. The van der Waals surface area contributed by atoms with Gasteiger partial charge in [-0.15, -0.1) is 16.7 Å². The lowest BCUT2D eigenvalue weighted by Gasteiger charge is -2.43. The number of aromatic nitrogens is 2. The Bertz CT molecular complexity index is 1530. The molecule has 3 atom stereocenters. The largest absolute Gasteiger partial charge is 0.434 e. The first-order valence-corrected chi connectivity index (χ1v) is 14.2. The molecule has 12 heteroatoms. The Morgan fingerprint density at radius 1 is 1.22 bits per heavy atom. The van der Waals surface area contributed by atoms with E-state index in [9.17, 15) is 13.2 Å². The van der Waals surface area contributed by atoms with Crippen LogP contribution < -0.4 is 10.7 Å². The number of H-pyrrole nitrogens is 1. The molecule has 0 amide bonds. The molecule has 0 saturated heterocycles. The maximum Gasteiger partial charge on any atom is 0.434 e. The van der Waals surface area contributed by atoms with Gasteiger partial charge < -0.3 is 9.32 Å². The number of nitrogens with one attached hydrogen (secondary N) is 1. The molecule has 198 valence electrons. The third-order valence-corrected chi connectivity index (χ3v) is 9.70. The van der Waals surface area contributed by atoms with Gasteiger partial charge in [0.05, 0.1) is 17.7 Å². The molecule has 1 aliphatic carbocycles. The molecule has 37 heavy (non-hydrogen) atoms. The summed E-state index contributed by atoms with van der Waals surface area (Å²) in [6.07, 6.45) is 1.77. The number of anilines is 1. The van der Waals surface area contributed by atoms with Crippen molar-refractivity contribution >= 4 is 38.9 Å². The van der Waals surface area contributed by atoms with Crippen molar-refractivity contribution in [1.29, 1.82) is 0 Å². The van der Waals surface area contributed by atoms with Gasteiger partial charge in [-0.25, -0.2) is 22.7 Å². The van der Waals surface area contributed by atoms with Crippen LogP contribution >= 0.6 is 23.2 Å². The molecule has 5 rings (SSSR count). The van der Waals surface area contributed by atoms with Crippen molar-refractivity contribution in [1.82, 2.24) is 14.5 Å².